The van der Waals surface area contributed by atoms with E-state index in [1.165, 1.54) is 16.0 Å². The van der Waals surface area contributed by atoms with Gasteiger partial charge < -0.3 is 9.64 Å². The molecular formula is C17H21N3OS. The second kappa shape index (κ2) is 5.63. The molecule has 0 aromatic carbocycles. The fourth-order valence-corrected chi connectivity index (χ4v) is 4.66. The van der Waals surface area contributed by atoms with Crippen LogP contribution in [0.4, 0.5) is 5.95 Å². The molecule has 0 aliphatic carbocycles. The first-order chi connectivity index (χ1) is 10.8. The van der Waals surface area contributed by atoms with Crippen molar-refractivity contribution in [2.45, 2.75) is 38.2 Å². The molecule has 1 fully saturated rings. The van der Waals surface area contributed by atoms with E-state index in [1.54, 1.807) is 0 Å². The van der Waals surface area contributed by atoms with Gasteiger partial charge in [0.05, 0.1) is 6.61 Å². The van der Waals surface area contributed by atoms with E-state index >= 15 is 0 Å². The van der Waals surface area contributed by atoms with Crippen LogP contribution in [-0.2, 0) is 23.2 Å². The number of rotatable bonds is 2. The molecule has 2 aliphatic heterocycles. The van der Waals surface area contributed by atoms with Crippen molar-refractivity contribution in [2.24, 2.45) is 0 Å². The molecule has 4 rings (SSSR count). The minimum absolute atomic E-state index is 0.0540. The molecule has 22 heavy (non-hydrogen) atoms. The highest BCUT2D eigenvalue weighted by atomic mass is 32.1. The van der Waals surface area contributed by atoms with Gasteiger partial charge in [-0.3, -0.25) is 0 Å². The van der Waals surface area contributed by atoms with Crippen LogP contribution in [-0.4, -0.2) is 29.7 Å². The summed E-state index contributed by atoms with van der Waals surface area (Å²) in [6.07, 6.45) is 7.99. The van der Waals surface area contributed by atoms with Gasteiger partial charge in [-0.1, -0.05) is 6.92 Å². The Morgan fingerprint density at radius 2 is 2.05 bits per heavy atom. The topological polar surface area (TPSA) is 38.2 Å². The lowest BCUT2D eigenvalue weighted by Gasteiger charge is -2.43. The Morgan fingerprint density at radius 1 is 1.27 bits per heavy atom. The molecular weight excluding hydrogens is 294 g/mol. The van der Waals surface area contributed by atoms with E-state index in [-0.39, 0.29) is 5.60 Å². The Bertz CT molecular complexity index is 644. The van der Waals surface area contributed by atoms with E-state index in [2.05, 4.69) is 33.2 Å². The summed E-state index contributed by atoms with van der Waals surface area (Å²) in [6.45, 7) is 4.90. The van der Waals surface area contributed by atoms with E-state index in [0.717, 1.165) is 51.3 Å². The average Bonchev–Trinajstić information content (AvgIpc) is 3.06. The van der Waals surface area contributed by atoms with E-state index in [9.17, 15) is 0 Å². The number of aromatic nitrogens is 2. The molecule has 2 aromatic heterocycles. The number of aryl methyl sites for hydroxylation is 1. The minimum atomic E-state index is -0.0540. The Labute approximate surface area is 135 Å². The lowest BCUT2D eigenvalue weighted by Crippen LogP contribution is -2.46. The van der Waals surface area contributed by atoms with Crippen molar-refractivity contribution in [2.75, 3.05) is 24.6 Å². The largest absolute Gasteiger partial charge is 0.369 e. The van der Waals surface area contributed by atoms with Crippen molar-refractivity contribution < 1.29 is 4.74 Å². The minimum Gasteiger partial charge on any atom is -0.369 e. The van der Waals surface area contributed by atoms with Gasteiger partial charge in [0, 0.05) is 30.4 Å². The maximum absolute atomic E-state index is 6.25. The number of fused-ring (bicyclic) bond motifs is 2. The summed E-state index contributed by atoms with van der Waals surface area (Å²) in [4.78, 5) is 12.8. The summed E-state index contributed by atoms with van der Waals surface area (Å²) in [6, 6.07) is 2.27. The average molecular weight is 315 g/mol. The number of hydrogen-bond acceptors (Lipinski definition) is 5. The predicted molar refractivity (Wildman–Crippen MR) is 88.5 cm³/mol. The van der Waals surface area contributed by atoms with Crippen LogP contribution in [0.15, 0.2) is 23.8 Å². The fraction of sp³-hybridized carbons (Fsp3) is 0.529. The van der Waals surface area contributed by atoms with Crippen LogP contribution in [0.2, 0.25) is 0 Å². The fourth-order valence-electron chi connectivity index (χ4n) is 3.49. The predicted octanol–water partition coefficient (Wildman–Crippen LogP) is 3.17. The van der Waals surface area contributed by atoms with Gasteiger partial charge in [-0.25, -0.2) is 9.97 Å². The smallest absolute Gasteiger partial charge is 0.225 e. The van der Waals surface area contributed by atoms with Crippen LogP contribution in [0.5, 0.6) is 0 Å². The number of nitrogens with zero attached hydrogens (tertiary/aromatic N) is 3. The third-order valence-corrected chi connectivity index (χ3v) is 6.01. The molecule has 116 valence electrons. The molecule has 4 heterocycles. The third kappa shape index (κ3) is 2.32. The van der Waals surface area contributed by atoms with Crippen LogP contribution in [0.3, 0.4) is 0 Å². The highest BCUT2D eigenvalue weighted by Crippen LogP contribution is 2.44. The molecule has 1 saturated heterocycles. The molecule has 0 unspecified atom stereocenters. The molecule has 5 heteroatoms. The summed E-state index contributed by atoms with van der Waals surface area (Å²) in [7, 11) is 0. The molecule has 0 radical (unpaired) electrons. The zero-order chi connectivity index (χ0) is 15.0. The van der Waals surface area contributed by atoms with Gasteiger partial charge in [0.15, 0.2) is 0 Å². The van der Waals surface area contributed by atoms with E-state index in [4.69, 9.17) is 4.74 Å². The highest BCUT2D eigenvalue weighted by molar-refractivity contribution is 7.10. The Morgan fingerprint density at radius 3 is 2.77 bits per heavy atom. The lowest BCUT2D eigenvalue weighted by atomic mass is 9.85. The normalized spacial score (nSPS) is 20.1. The van der Waals surface area contributed by atoms with Crippen molar-refractivity contribution in [3.63, 3.8) is 0 Å². The summed E-state index contributed by atoms with van der Waals surface area (Å²) in [5.41, 5.74) is 2.63. The van der Waals surface area contributed by atoms with Crippen LogP contribution < -0.4 is 4.90 Å². The summed E-state index contributed by atoms with van der Waals surface area (Å²) in [5, 5.41) is 2.21. The number of thiophene rings is 1. The first-order valence-electron chi connectivity index (χ1n) is 8.07. The van der Waals surface area contributed by atoms with Crippen LogP contribution in [0, 0.1) is 0 Å². The molecule has 0 atom stereocenters. The van der Waals surface area contributed by atoms with Crippen molar-refractivity contribution in [3.8, 4) is 0 Å². The molecule has 4 nitrogen and oxygen atoms in total. The van der Waals surface area contributed by atoms with Gasteiger partial charge in [0.25, 0.3) is 0 Å². The molecule has 0 bridgehead atoms. The molecule has 2 aromatic rings. The second-order valence-electron chi connectivity index (χ2n) is 6.10. The Kier molecular flexibility index (Phi) is 3.62. The molecule has 0 saturated carbocycles. The van der Waals surface area contributed by atoms with Crippen molar-refractivity contribution in [3.05, 3.63) is 39.8 Å². The van der Waals surface area contributed by atoms with E-state index in [0.29, 0.717) is 0 Å². The Hall–Kier alpha value is -1.46. The number of piperidine rings is 1. The Balaban J connectivity index is 1.51. The van der Waals surface area contributed by atoms with Crippen LogP contribution >= 0.6 is 11.3 Å². The van der Waals surface area contributed by atoms with Crippen molar-refractivity contribution in [1.82, 2.24) is 9.97 Å². The quantitative estimate of drug-likeness (QED) is 0.853. The summed E-state index contributed by atoms with van der Waals surface area (Å²) >= 11 is 1.86. The highest BCUT2D eigenvalue weighted by Gasteiger charge is 2.42. The second-order valence-corrected chi connectivity index (χ2v) is 7.02. The monoisotopic (exact) mass is 315 g/mol. The van der Waals surface area contributed by atoms with Gasteiger partial charge in [-0.05, 0) is 48.3 Å². The molecule has 1 spiro atoms. The lowest BCUT2D eigenvalue weighted by molar-refractivity contribution is -0.0736. The SMILES string of the molecule is CCc1cnc(N2CCC3(CC2)OCCc2ccsc23)nc1. The van der Waals surface area contributed by atoms with Crippen LogP contribution in [0.25, 0.3) is 0 Å². The van der Waals surface area contributed by atoms with Gasteiger partial charge in [0.2, 0.25) is 5.95 Å². The van der Waals surface area contributed by atoms with Gasteiger partial charge >= 0.3 is 0 Å². The number of anilines is 1. The van der Waals surface area contributed by atoms with Gasteiger partial charge in [-0.2, -0.15) is 0 Å². The van der Waals surface area contributed by atoms with Crippen molar-refractivity contribution in [1.29, 1.82) is 0 Å². The van der Waals surface area contributed by atoms with Crippen LogP contribution in [0.1, 0.15) is 35.8 Å². The first kappa shape index (κ1) is 14.2. The zero-order valence-electron chi connectivity index (χ0n) is 12.9. The van der Waals surface area contributed by atoms with Gasteiger partial charge in [-0.15, -0.1) is 11.3 Å². The standard InChI is InChI=1S/C17H21N3OS/c1-2-13-11-18-16(19-12-13)20-7-5-17(6-8-20)15-14(3-9-21-17)4-10-22-15/h4,10-12H,2-3,5-9H2,1H3. The summed E-state index contributed by atoms with van der Waals surface area (Å²) < 4.78 is 6.25. The molecule has 0 amide bonds. The molecule has 0 N–H and O–H groups in total. The first-order valence-corrected chi connectivity index (χ1v) is 8.95. The summed E-state index contributed by atoms with van der Waals surface area (Å²) in [5.74, 6) is 0.856. The number of ether oxygens (including phenoxy) is 1. The maximum Gasteiger partial charge on any atom is 0.225 e. The third-order valence-electron chi connectivity index (χ3n) is 4.86. The number of hydrogen-bond donors (Lipinski definition) is 0. The zero-order valence-corrected chi connectivity index (χ0v) is 13.7. The van der Waals surface area contributed by atoms with Gasteiger partial charge in [0.1, 0.15) is 5.60 Å². The van der Waals surface area contributed by atoms with E-state index < -0.39 is 0 Å². The van der Waals surface area contributed by atoms with Crippen molar-refractivity contribution >= 4 is 17.3 Å². The van der Waals surface area contributed by atoms with E-state index in [1.807, 2.05) is 23.7 Å². The molecule has 2 aliphatic rings. The maximum atomic E-state index is 6.25.